The van der Waals surface area contributed by atoms with E-state index in [0.29, 0.717) is 4.90 Å². The maximum atomic E-state index is 10.9. The molecule has 0 aromatic heterocycles. The minimum Gasteiger partial charge on any atom is -0.478 e. The predicted molar refractivity (Wildman–Crippen MR) is 54.7 cm³/mol. The van der Waals surface area contributed by atoms with Gasteiger partial charge in [-0.15, -0.1) is 0 Å². The highest BCUT2D eigenvalue weighted by Crippen LogP contribution is 2.27. The van der Waals surface area contributed by atoms with Crippen molar-refractivity contribution in [1.29, 1.82) is 0 Å². The fourth-order valence-electron chi connectivity index (χ4n) is 1.10. The fraction of sp³-hybridized carbons (Fsp3) is 0.200. The third-order valence-corrected chi connectivity index (χ3v) is 2.72. The molecular formula is C10H10O3S. The molecule has 1 N–H and O–H groups in total. The van der Waals surface area contributed by atoms with Gasteiger partial charge >= 0.3 is 5.97 Å². The van der Waals surface area contributed by atoms with Crippen LogP contribution in [0.5, 0.6) is 0 Å². The fourth-order valence-corrected chi connectivity index (χ4v) is 1.88. The standard InChI is InChI=1S/C10H10O3S/c1-6-4-3-5-8(10(12)13)9(6)14-7(2)11/h3-5H,1-2H3,(H,12,13). The summed E-state index contributed by atoms with van der Waals surface area (Å²) < 4.78 is 0. The number of aryl methyl sites for hydroxylation is 1. The Labute approximate surface area is 86.1 Å². The number of carbonyl (C=O) groups excluding carboxylic acids is 1. The van der Waals surface area contributed by atoms with E-state index < -0.39 is 5.97 Å². The van der Waals surface area contributed by atoms with E-state index in [4.69, 9.17) is 5.11 Å². The molecule has 0 radical (unpaired) electrons. The summed E-state index contributed by atoms with van der Waals surface area (Å²) in [4.78, 5) is 22.3. The van der Waals surface area contributed by atoms with E-state index in [0.717, 1.165) is 17.3 Å². The van der Waals surface area contributed by atoms with Gasteiger partial charge in [0, 0.05) is 11.8 Å². The summed E-state index contributed by atoms with van der Waals surface area (Å²) >= 11 is 0.960. The molecule has 0 bridgehead atoms. The zero-order valence-corrected chi connectivity index (χ0v) is 8.72. The molecule has 0 spiro atoms. The van der Waals surface area contributed by atoms with Gasteiger partial charge in [0.1, 0.15) is 0 Å². The van der Waals surface area contributed by atoms with Crippen LogP contribution >= 0.6 is 11.8 Å². The van der Waals surface area contributed by atoms with Crippen molar-refractivity contribution < 1.29 is 14.7 Å². The van der Waals surface area contributed by atoms with E-state index in [2.05, 4.69) is 0 Å². The summed E-state index contributed by atoms with van der Waals surface area (Å²) in [5.41, 5.74) is 0.996. The molecular weight excluding hydrogens is 200 g/mol. The van der Waals surface area contributed by atoms with E-state index in [1.54, 1.807) is 19.1 Å². The van der Waals surface area contributed by atoms with Gasteiger partial charge in [-0.1, -0.05) is 23.9 Å². The van der Waals surface area contributed by atoms with Crippen molar-refractivity contribution in [1.82, 2.24) is 0 Å². The van der Waals surface area contributed by atoms with Gasteiger partial charge in [-0.05, 0) is 18.6 Å². The minimum atomic E-state index is -1.00. The molecule has 4 heteroatoms. The van der Waals surface area contributed by atoms with Crippen molar-refractivity contribution in [3.05, 3.63) is 29.3 Å². The lowest BCUT2D eigenvalue weighted by Crippen LogP contribution is -2.01. The van der Waals surface area contributed by atoms with Crippen molar-refractivity contribution >= 4 is 22.8 Å². The summed E-state index contributed by atoms with van der Waals surface area (Å²) in [6.45, 7) is 3.21. The van der Waals surface area contributed by atoms with Gasteiger partial charge in [-0.3, -0.25) is 4.79 Å². The highest BCUT2D eigenvalue weighted by atomic mass is 32.2. The molecule has 0 aliphatic carbocycles. The summed E-state index contributed by atoms with van der Waals surface area (Å²) in [5, 5.41) is 8.77. The molecule has 1 rings (SSSR count). The molecule has 0 saturated heterocycles. The van der Waals surface area contributed by atoms with E-state index in [1.165, 1.54) is 13.0 Å². The van der Waals surface area contributed by atoms with Gasteiger partial charge in [0.05, 0.1) is 5.56 Å². The van der Waals surface area contributed by atoms with Crippen LogP contribution in [0, 0.1) is 6.92 Å². The number of carboxylic acids is 1. The van der Waals surface area contributed by atoms with Crippen molar-refractivity contribution in [2.45, 2.75) is 18.7 Å². The molecule has 0 atom stereocenters. The lowest BCUT2D eigenvalue weighted by molar-refractivity contribution is -0.109. The molecule has 0 saturated carbocycles. The van der Waals surface area contributed by atoms with Gasteiger partial charge in [0.2, 0.25) is 0 Å². The van der Waals surface area contributed by atoms with E-state index in [-0.39, 0.29) is 10.7 Å². The largest absolute Gasteiger partial charge is 0.478 e. The first-order valence-electron chi connectivity index (χ1n) is 4.03. The number of carbonyl (C=O) groups is 2. The molecule has 0 aliphatic rings. The van der Waals surface area contributed by atoms with Crippen LogP contribution in [0.1, 0.15) is 22.8 Å². The van der Waals surface area contributed by atoms with Crippen LogP contribution in [-0.4, -0.2) is 16.2 Å². The molecule has 3 nitrogen and oxygen atoms in total. The maximum absolute atomic E-state index is 10.9. The number of rotatable bonds is 2. The lowest BCUT2D eigenvalue weighted by atomic mass is 10.1. The van der Waals surface area contributed by atoms with E-state index in [9.17, 15) is 9.59 Å². The van der Waals surface area contributed by atoms with Crippen molar-refractivity contribution in [3.8, 4) is 0 Å². The van der Waals surface area contributed by atoms with Gasteiger partial charge in [0.25, 0.3) is 0 Å². The van der Waals surface area contributed by atoms with Gasteiger partial charge in [-0.25, -0.2) is 4.79 Å². The average Bonchev–Trinajstić information content (AvgIpc) is 2.07. The zero-order valence-electron chi connectivity index (χ0n) is 7.90. The second-order valence-corrected chi connectivity index (χ2v) is 4.04. The van der Waals surface area contributed by atoms with Crippen LogP contribution in [0.15, 0.2) is 23.1 Å². The van der Waals surface area contributed by atoms with Crippen LogP contribution < -0.4 is 0 Å². The van der Waals surface area contributed by atoms with Crippen LogP contribution in [0.3, 0.4) is 0 Å². The molecule has 0 aliphatic heterocycles. The Morgan fingerprint density at radius 2 is 2.00 bits per heavy atom. The molecule has 1 aromatic rings. The first-order valence-corrected chi connectivity index (χ1v) is 4.85. The predicted octanol–water partition coefficient (Wildman–Crippen LogP) is 2.33. The summed E-state index contributed by atoms with van der Waals surface area (Å²) in [7, 11) is 0. The average molecular weight is 210 g/mol. The highest BCUT2D eigenvalue weighted by molar-refractivity contribution is 8.13. The quantitative estimate of drug-likeness (QED) is 0.761. The maximum Gasteiger partial charge on any atom is 0.336 e. The SMILES string of the molecule is CC(=O)Sc1c(C)cccc1C(=O)O. The van der Waals surface area contributed by atoms with E-state index in [1.807, 2.05) is 0 Å². The summed E-state index contributed by atoms with van der Waals surface area (Å²) in [6.07, 6.45) is 0. The molecule has 74 valence electrons. The number of hydrogen-bond donors (Lipinski definition) is 1. The summed E-state index contributed by atoms with van der Waals surface area (Å²) in [5.74, 6) is -1.00. The third-order valence-electron chi connectivity index (χ3n) is 1.69. The monoisotopic (exact) mass is 210 g/mol. The van der Waals surface area contributed by atoms with Crippen LogP contribution in [0.4, 0.5) is 0 Å². The van der Waals surface area contributed by atoms with Crippen LogP contribution in [0.2, 0.25) is 0 Å². The Balaban J connectivity index is 3.22. The van der Waals surface area contributed by atoms with Crippen LogP contribution in [-0.2, 0) is 4.79 Å². The van der Waals surface area contributed by atoms with Crippen molar-refractivity contribution in [2.75, 3.05) is 0 Å². The Hall–Kier alpha value is -1.29. The first kappa shape index (κ1) is 10.8. The number of aromatic carboxylic acids is 1. The summed E-state index contributed by atoms with van der Waals surface area (Å²) in [6, 6.07) is 4.96. The lowest BCUT2D eigenvalue weighted by Gasteiger charge is -2.06. The first-order chi connectivity index (χ1) is 6.52. The Morgan fingerprint density at radius 3 is 2.50 bits per heavy atom. The number of thioether (sulfide) groups is 1. The Bertz CT molecular complexity index is 385. The molecule has 0 unspecified atom stereocenters. The highest BCUT2D eigenvalue weighted by Gasteiger charge is 2.13. The smallest absolute Gasteiger partial charge is 0.336 e. The zero-order chi connectivity index (χ0) is 10.7. The topological polar surface area (TPSA) is 54.4 Å². The molecule has 0 heterocycles. The molecule has 0 amide bonds. The Morgan fingerprint density at radius 1 is 1.36 bits per heavy atom. The molecule has 1 aromatic carbocycles. The normalized spacial score (nSPS) is 9.86. The molecule has 0 fully saturated rings. The second-order valence-electron chi connectivity index (χ2n) is 2.85. The van der Waals surface area contributed by atoms with Gasteiger partial charge in [0.15, 0.2) is 5.12 Å². The Kier molecular flexibility index (Phi) is 3.30. The third kappa shape index (κ3) is 2.35. The minimum absolute atomic E-state index is 0.109. The van der Waals surface area contributed by atoms with Gasteiger partial charge < -0.3 is 5.11 Å². The van der Waals surface area contributed by atoms with E-state index >= 15 is 0 Å². The number of benzene rings is 1. The second kappa shape index (κ2) is 4.28. The number of carboxylic acid groups (broad SMARTS) is 1. The van der Waals surface area contributed by atoms with Crippen molar-refractivity contribution in [3.63, 3.8) is 0 Å². The van der Waals surface area contributed by atoms with Crippen molar-refractivity contribution in [2.24, 2.45) is 0 Å². The molecule has 14 heavy (non-hydrogen) atoms. The van der Waals surface area contributed by atoms with Crippen LogP contribution in [0.25, 0.3) is 0 Å². The van der Waals surface area contributed by atoms with Gasteiger partial charge in [-0.2, -0.15) is 0 Å². The number of hydrogen-bond acceptors (Lipinski definition) is 3.